The van der Waals surface area contributed by atoms with Gasteiger partial charge in [0.15, 0.2) is 0 Å². The Bertz CT molecular complexity index is 580. The van der Waals surface area contributed by atoms with E-state index in [0.717, 1.165) is 0 Å². The summed E-state index contributed by atoms with van der Waals surface area (Å²) in [5.41, 5.74) is 0.508. The van der Waals surface area contributed by atoms with E-state index in [9.17, 15) is 14.4 Å². The second kappa shape index (κ2) is 7.97. The van der Waals surface area contributed by atoms with Gasteiger partial charge in [-0.2, -0.15) is 0 Å². The fourth-order valence-electron chi connectivity index (χ4n) is 2.44. The highest BCUT2D eigenvalue weighted by Gasteiger charge is 2.30. The second-order valence-corrected chi connectivity index (χ2v) is 5.72. The maximum Gasteiger partial charge on any atom is 0.313 e. The van der Waals surface area contributed by atoms with Crippen LogP contribution in [0.5, 0.6) is 0 Å². The minimum Gasteiger partial charge on any atom is -0.466 e. The molecule has 1 saturated heterocycles. The van der Waals surface area contributed by atoms with E-state index in [1.807, 2.05) is 0 Å². The molecule has 1 aliphatic heterocycles. The van der Waals surface area contributed by atoms with Crippen molar-refractivity contribution in [3.63, 3.8) is 0 Å². The number of nitrogens with zero attached hydrogens (tertiary/aromatic N) is 1. The quantitative estimate of drug-likeness (QED) is 0.676. The van der Waals surface area contributed by atoms with Crippen molar-refractivity contribution < 1.29 is 19.1 Å². The average molecular weight is 339 g/mol. The van der Waals surface area contributed by atoms with Crippen molar-refractivity contribution in [1.29, 1.82) is 0 Å². The molecule has 1 N–H and O–H groups in total. The van der Waals surface area contributed by atoms with Crippen molar-refractivity contribution in [1.82, 2.24) is 4.90 Å². The molecule has 2 amide bonds. The summed E-state index contributed by atoms with van der Waals surface area (Å²) in [6.07, 6.45) is 1.03. The Kier molecular flexibility index (Phi) is 5.98. The Balaban J connectivity index is 1.85. The smallest absolute Gasteiger partial charge is 0.313 e. The summed E-state index contributed by atoms with van der Waals surface area (Å²) in [6, 6.07) is 6.51. The van der Waals surface area contributed by atoms with Crippen LogP contribution >= 0.6 is 11.6 Å². The molecule has 124 valence electrons. The molecule has 7 heteroatoms. The number of carbonyl (C=O) groups excluding carboxylic acids is 3. The van der Waals surface area contributed by atoms with Crippen LogP contribution in [0.1, 0.15) is 19.8 Å². The Morgan fingerprint density at radius 2 is 1.83 bits per heavy atom. The summed E-state index contributed by atoms with van der Waals surface area (Å²) in [4.78, 5) is 37.3. The van der Waals surface area contributed by atoms with E-state index in [-0.39, 0.29) is 11.9 Å². The molecular formula is C16H19ClN2O4. The van der Waals surface area contributed by atoms with Crippen molar-refractivity contribution in [2.75, 3.05) is 25.0 Å². The number of hydrogen-bond acceptors (Lipinski definition) is 4. The maximum absolute atomic E-state index is 12.1. The molecule has 1 fully saturated rings. The number of rotatable bonds is 3. The normalized spacial score (nSPS) is 15.1. The molecule has 0 aromatic heterocycles. The monoisotopic (exact) mass is 338 g/mol. The topological polar surface area (TPSA) is 75.7 Å². The number of amides is 2. The molecule has 1 aliphatic rings. The van der Waals surface area contributed by atoms with Crippen molar-refractivity contribution >= 4 is 35.1 Å². The first-order chi connectivity index (χ1) is 11.0. The van der Waals surface area contributed by atoms with Gasteiger partial charge in [0, 0.05) is 23.8 Å². The summed E-state index contributed by atoms with van der Waals surface area (Å²) in [5, 5.41) is 3.09. The molecule has 2 rings (SSSR count). The molecule has 1 aromatic rings. The summed E-state index contributed by atoms with van der Waals surface area (Å²) in [6.45, 7) is 2.85. The van der Waals surface area contributed by atoms with Gasteiger partial charge >= 0.3 is 17.8 Å². The van der Waals surface area contributed by atoms with E-state index >= 15 is 0 Å². The number of ether oxygens (including phenoxy) is 1. The number of halogens is 1. The van der Waals surface area contributed by atoms with Crippen molar-refractivity contribution in [2.45, 2.75) is 19.8 Å². The molecule has 0 bridgehead atoms. The minimum absolute atomic E-state index is 0.196. The molecule has 0 spiro atoms. The van der Waals surface area contributed by atoms with Gasteiger partial charge < -0.3 is 15.0 Å². The van der Waals surface area contributed by atoms with Gasteiger partial charge in [-0.05, 0) is 44.0 Å². The van der Waals surface area contributed by atoms with Crippen LogP contribution in [0, 0.1) is 5.92 Å². The zero-order valence-corrected chi connectivity index (χ0v) is 13.6. The van der Waals surface area contributed by atoms with Gasteiger partial charge in [-0.3, -0.25) is 14.4 Å². The standard InChI is InChI=1S/C16H19ClN2O4/c1-2-23-16(22)11-7-9-19(10-8-11)15(21)14(20)18-13-5-3-12(17)4-6-13/h3-6,11H,2,7-10H2,1H3,(H,18,20). The predicted octanol–water partition coefficient (Wildman–Crippen LogP) is 2.08. The lowest BCUT2D eigenvalue weighted by molar-refractivity contribution is -0.152. The van der Waals surface area contributed by atoms with Crippen LogP contribution in [0.2, 0.25) is 5.02 Å². The highest BCUT2D eigenvalue weighted by atomic mass is 35.5. The van der Waals surface area contributed by atoms with Crippen molar-refractivity contribution in [3.8, 4) is 0 Å². The first kappa shape index (κ1) is 17.3. The van der Waals surface area contributed by atoms with Crippen LogP contribution < -0.4 is 5.32 Å². The second-order valence-electron chi connectivity index (χ2n) is 5.28. The van der Waals surface area contributed by atoms with Gasteiger partial charge in [-0.25, -0.2) is 0 Å². The number of benzene rings is 1. The van der Waals surface area contributed by atoms with Gasteiger partial charge in [-0.15, -0.1) is 0 Å². The van der Waals surface area contributed by atoms with E-state index in [1.165, 1.54) is 4.90 Å². The highest BCUT2D eigenvalue weighted by Crippen LogP contribution is 2.19. The number of anilines is 1. The Morgan fingerprint density at radius 1 is 1.22 bits per heavy atom. The lowest BCUT2D eigenvalue weighted by Crippen LogP contribution is -2.45. The van der Waals surface area contributed by atoms with Gasteiger partial charge in [0.2, 0.25) is 0 Å². The Hall–Kier alpha value is -2.08. The molecule has 0 aliphatic carbocycles. The van der Waals surface area contributed by atoms with E-state index in [2.05, 4.69) is 5.32 Å². The average Bonchev–Trinajstić information content (AvgIpc) is 2.56. The summed E-state index contributed by atoms with van der Waals surface area (Å²) < 4.78 is 4.98. The van der Waals surface area contributed by atoms with E-state index in [4.69, 9.17) is 16.3 Å². The predicted molar refractivity (Wildman–Crippen MR) is 86.0 cm³/mol. The van der Waals surface area contributed by atoms with Gasteiger partial charge in [0.25, 0.3) is 0 Å². The van der Waals surface area contributed by atoms with Crippen LogP contribution in [0.4, 0.5) is 5.69 Å². The third-order valence-electron chi connectivity index (χ3n) is 3.70. The third kappa shape index (κ3) is 4.69. The number of nitrogens with one attached hydrogen (secondary N) is 1. The zero-order valence-electron chi connectivity index (χ0n) is 12.9. The van der Waals surface area contributed by atoms with E-state index < -0.39 is 11.8 Å². The summed E-state index contributed by atoms with van der Waals surface area (Å²) in [7, 11) is 0. The van der Waals surface area contributed by atoms with Crippen LogP contribution in [0.15, 0.2) is 24.3 Å². The van der Waals surface area contributed by atoms with Crippen LogP contribution in [-0.4, -0.2) is 42.4 Å². The van der Waals surface area contributed by atoms with Crippen molar-refractivity contribution in [3.05, 3.63) is 29.3 Å². The zero-order chi connectivity index (χ0) is 16.8. The van der Waals surface area contributed by atoms with Gasteiger partial charge in [0.1, 0.15) is 0 Å². The van der Waals surface area contributed by atoms with E-state index in [0.29, 0.717) is 43.2 Å². The van der Waals surface area contributed by atoms with Crippen molar-refractivity contribution in [2.24, 2.45) is 5.92 Å². The van der Waals surface area contributed by atoms with Gasteiger partial charge in [-0.1, -0.05) is 11.6 Å². The van der Waals surface area contributed by atoms with Crippen LogP contribution in [-0.2, 0) is 19.1 Å². The third-order valence-corrected chi connectivity index (χ3v) is 3.95. The fourth-order valence-corrected chi connectivity index (χ4v) is 2.57. The minimum atomic E-state index is -0.693. The molecule has 0 atom stereocenters. The molecule has 6 nitrogen and oxygen atoms in total. The lowest BCUT2D eigenvalue weighted by atomic mass is 9.97. The Morgan fingerprint density at radius 3 is 2.39 bits per heavy atom. The Labute approximate surface area is 139 Å². The first-order valence-electron chi connectivity index (χ1n) is 7.53. The lowest BCUT2D eigenvalue weighted by Gasteiger charge is -2.30. The molecule has 23 heavy (non-hydrogen) atoms. The molecule has 1 aromatic carbocycles. The number of piperidine rings is 1. The maximum atomic E-state index is 12.1. The van der Waals surface area contributed by atoms with Gasteiger partial charge in [0.05, 0.1) is 12.5 Å². The molecular weight excluding hydrogens is 320 g/mol. The SMILES string of the molecule is CCOC(=O)C1CCN(C(=O)C(=O)Nc2ccc(Cl)cc2)CC1. The summed E-state index contributed by atoms with van der Waals surface area (Å²) in [5.74, 6) is -1.72. The number of carbonyl (C=O) groups is 3. The van der Waals surface area contributed by atoms with Crippen LogP contribution in [0.3, 0.4) is 0 Å². The molecule has 0 radical (unpaired) electrons. The first-order valence-corrected chi connectivity index (χ1v) is 7.91. The number of likely N-dealkylation sites (tertiary alicyclic amines) is 1. The fraction of sp³-hybridized carbons (Fsp3) is 0.438. The molecule has 0 unspecified atom stereocenters. The number of hydrogen-bond donors (Lipinski definition) is 1. The van der Waals surface area contributed by atoms with E-state index in [1.54, 1.807) is 31.2 Å². The van der Waals surface area contributed by atoms with Crippen LogP contribution in [0.25, 0.3) is 0 Å². The molecule has 1 heterocycles. The number of esters is 1. The summed E-state index contributed by atoms with van der Waals surface area (Å²) >= 11 is 5.77. The largest absolute Gasteiger partial charge is 0.466 e. The molecule has 0 saturated carbocycles. The highest BCUT2D eigenvalue weighted by molar-refractivity contribution is 6.39.